The van der Waals surface area contributed by atoms with Crippen LogP contribution in [0.5, 0.6) is 0 Å². The van der Waals surface area contributed by atoms with E-state index in [2.05, 4.69) is 10.6 Å². The van der Waals surface area contributed by atoms with Crippen LogP contribution in [0.2, 0.25) is 0 Å². The van der Waals surface area contributed by atoms with Crippen LogP contribution < -0.4 is 10.6 Å². The number of amides is 1. The lowest BCUT2D eigenvalue weighted by Crippen LogP contribution is -2.47. The number of carbonyl (C=O) groups excluding carboxylic acids is 1. The van der Waals surface area contributed by atoms with E-state index in [9.17, 15) is 9.90 Å². The highest BCUT2D eigenvalue weighted by molar-refractivity contribution is 5.82. The second kappa shape index (κ2) is 4.49. The highest BCUT2D eigenvalue weighted by atomic mass is 16.3. The van der Waals surface area contributed by atoms with Gasteiger partial charge in [0.1, 0.15) is 0 Å². The highest BCUT2D eigenvalue weighted by Gasteiger charge is 2.32. The van der Waals surface area contributed by atoms with Crippen molar-refractivity contribution >= 4 is 5.91 Å². The Labute approximate surface area is 90.4 Å². The Morgan fingerprint density at radius 1 is 1.40 bits per heavy atom. The molecule has 2 aliphatic rings. The molecule has 0 radical (unpaired) electrons. The van der Waals surface area contributed by atoms with Crippen molar-refractivity contribution in [1.82, 2.24) is 10.6 Å². The monoisotopic (exact) mass is 212 g/mol. The molecule has 86 valence electrons. The summed E-state index contributed by atoms with van der Waals surface area (Å²) in [5.74, 6) is 0.0489. The van der Waals surface area contributed by atoms with E-state index in [-0.39, 0.29) is 11.9 Å². The Morgan fingerprint density at radius 2 is 2.13 bits per heavy atom. The lowest BCUT2D eigenvalue weighted by molar-refractivity contribution is -0.124. The number of carbonyl (C=O) groups is 1. The van der Waals surface area contributed by atoms with Crippen molar-refractivity contribution in [1.29, 1.82) is 0 Å². The van der Waals surface area contributed by atoms with E-state index in [1.54, 1.807) is 0 Å². The third-order valence-electron chi connectivity index (χ3n) is 3.50. The number of rotatable bonds is 3. The van der Waals surface area contributed by atoms with Crippen LogP contribution in [0.15, 0.2) is 0 Å². The quantitative estimate of drug-likeness (QED) is 0.624. The average Bonchev–Trinajstić information content (AvgIpc) is 2.85. The number of aliphatic hydroxyl groups is 1. The maximum absolute atomic E-state index is 11.7. The Hall–Kier alpha value is -0.610. The van der Waals surface area contributed by atoms with E-state index < -0.39 is 5.60 Å². The second-order valence-corrected chi connectivity index (χ2v) is 4.80. The molecule has 15 heavy (non-hydrogen) atoms. The molecule has 1 saturated carbocycles. The molecule has 3 N–H and O–H groups in total. The van der Waals surface area contributed by atoms with Gasteiger partial charge >= 0.3 is 0 Å². The molecule has 0 aromatic heterocycles. The van der Waals surface area contributed by atoms with Gasteiger partial charge in [-0.1, -0.05) is 12.8 Å². The summed E-state index contributed by atoms with van der Waals surface area (Å²) in [5.41, 5.74) is -0.631. The molecule has 0 aromatic carbocycles. The van der Waals surface area contributed by atoms with Crippen molar-refractivity contribution in [3.63, 3.8) is 0 Å². The minimum absolute atomic E-state index is 0.0324. The van der Waals surface area contributed by atoms with Crippen molar-refractivity contribution < 1.29 is 9.90 Å². The maximum atomic E-state index is 11.7. The fraction of sp³-hybridized carbons (Fsp3) is 0.909. The molecule has 1 aliphatic heterocycles. The van der Waals surface area contributed by atoms with E-state index in [0.29, 0.717) is 6.54 Å². The Bertz CT molecular complexity index is 231. The molecule has 1 atom stereocenters. The molecule has 0 unspecified atom stereocenters. The Balaban J connectivity index is 1.74. The van der Waals surface area contributed by atoms with Crippen molar-refractivity contribution in [3.8, 4) is 0 Å². The Morgan fingerprint density at radius 3 is 2.73 bits per heavy atom. The fourth-order valence-electron chi connectivity index (χ4n) is 2.49. The average molecular weight is 212 g/mol. The minimum Gasteiger partial charge on any atom is -0.388 e. The molecule has 2 fully saturated rings. The lowest BCUT2D eigenvalue weighted by atomic mass is 10.0. The van der Waals surface area contributed by atoms with Crippen LogP contribution in [0.1, 0.15) is 38.5 Å². The van der Waals surface area contributed by atoms with Crippen LogP contribution in [-0.2, 0) is 4.79 Å². The van der Waals surface area contributed by atoms with Gasteiger partial charge in [0, 0.05) is 6.54 Å². The molecule has 1 saturated heterocycles. The normalized spacial score (nSPS) is 29.3. The first-order valence-electron chi connectivity index (χ1n) is 5.93. The SMILES string of the molecule is O=C(NCC1(O)CCCC1)[C@@H]1CCCN1. The van der Waals surface area contributed by atoms with Crippen molar-refractivity contribution in [3.05, 3.63) is 0 Å². The lowest BCUT2D eigenvalue weighted by Gasteiger charge is -2.23. The number of nitrogens with one attached hydrogen (secondary N) is 2. The van der Waals surface area contributed by atoms with E-state index in [4.69, 9.17) is 0 Å². The largest absolute Gasteiger partial charge is 0.388 e. The fourth-order valence-corrected chi connectivity index (χ4v) is 2.49. The van der Waals surface area contributed by atoms with Crippen LogP contribution in [0.3, 0.4) is 0 Å². The Kier molecular flexibility index (Phi) is 3.26. The number of hydrogen-bond donors (Lipinski definition) is 3. The van der Waals surface area contributed by atoms with Gasteiger partial charge in [-0.3, -0.25) is 4.79 Å². The second-order valence-electron chi connectivity index (χ2n) is 4.80. The van der Waals surface area contributed by atoms with E-state index >= 15 is 0 Å². The van der Waals surface area contributed by atoms with Crippen molar-refractivity contribution in [2.45, 2.75) is 50.2 Å². The molecule has 2 rings (SSSR count). The third-order valence-corrected chi connectivity index (χ3v) is 3.50. The molecule has 1 heterocycles. The van der Waals surface area contributed by atoms with Gasteiger partial charge in [0.25, 0.3) is 0 Å². The summed E-state index contributed by atoms with van der Waals surface area (Å²) >= 11 is 0. The van der Waals surface area contributed by atoms with Gasteiger partial charge in [0.2, 0.25) is 5.91 Å². The zero-order valence-electron chi connectivity index (χ0n) is 9.09. The van der Waals surface area contributed by atoms with Gasteiger partial charge in [0.05, 0.1) is 11.6 Å². The standard InChI is InChI=1S/C11H20N2O2/c14-10(9-4-3-7-12-9)13-8-11(15)5-1-2-6-11/h9,12,15H,1-8H2,(H,13,14)/t9-/m0/s1. The van der Waals surface area contributed by atoms with Gasteiger partial charge in [-0.2, -0.15) is 0 Å². The first kappa shape index (κ1) is 10.9. The first-order chi connectivity index (χ1) is 7.20. The van der Waals surface area contributed by atoms with Gasteiger partial charge in [-0.05, 0) is 32.2 Å². The predicted molar refractivity (Wildman–Crippen MR) is 57.5 cm³/mol. The topological polar surface area (TPSA) is 61.4 Å². The van der Waals surface area contributed by atoms with Crippen molar-refractivity contribution in [2.24, 2.45) is 0 Å². The summed E-state index contributed by atoms with van der Waals surface area (Å²) in [7, 11) is 0. The molecule has 4 nitrogen and oxygen atoms in total. The summed E-state index contributed by atoms with van der Waals surface area (Å²) in [6.07, 6.45) is 5.80. The summed E-state index contributed by atoms with van der Waals surface area (Å²) in [6, 6.07) is -0.0324. The van der Waals surface area contributed by atoms with Crippen LogP contribution >= 0.6 is 0 Å². The van der Waals surface area contributed by atoms with E-state index in [0.717, 1.165) is 45.1 Å². The number of hydrogen-bond acceptors (Lipinski definition) is 3. The highest BCUT2D eigenvalue weighted by Crippen LogP contribution is 2.28. The van der Waals surface area contributed by atoms with Crippen LogP contribution in [0.4, 0.5) is 0 Å². The molecule has 0 spiro atoms. The molecule has 4 heteroatoms. The van der Waals surface area contributed by atoms with Crippen molar-refractivity contribution in [2.75, 3.05) is 13.1 Å². The summed E-state index contributed by atoms with van der Waals surface area (Å²) in [4.78, 5) is 11.7. The van der Waals surface area contributed by atoms with Crippen LogP contribution in [0, 0.1) is 0 Å². The first-order valence-corrected chi connectivity index (χ1v) is 5.93. The summed E-state index contributed by atoms with van der Waals surface area (Å²) in [5, 5.41) is 16.1. The third kappa shape index (κ3) is 2.69. The van der Waals surface area contributed by atoms with E-state index in [1.165, 1.54) is 0 Å². The minimum atomic E-state index is -0.631. The van der Waals surface area contributed by atoms with Gasteiger partial charge < -0.3 is 15.7 Å². The zero-order chi connectivity index (χ0) is 10.7. The van der Waals surface area contributed by atoms with Gasteiger partial charge in [-0.15, -0.1) is 0 Å². The summed E-state index contributed by atoms with van der Waals surface area (Å²) < 4.78 is 0. The van der Waals surface area contributed by atoms with E-state index in [1.807, 2.05) is 0 Å². The van der Waals surface area contributed by atoms with Gasteiger partial charge in [-0.25, -0.2) is 0 Å². The van der Waals surface area contributed by atoms with Gasteiger partial charge in [0.15, 0.2) is 0 Å². The molecule has 0 bridgehead atoms. The molecule has 0 aromatic rings. The summed E-state index contributed by atoms with van der Waals surface area (Å²) in [6.45, 7) is 1.35. The molecular formula is C11H20N2O2. The smallest absolute Gasteiger partial charge is 0.237 e. The molecule has 1 amide bonds. The maximum Gasteiger partial charge on any atom is 0.237 e. The van der Waals surface area contributed by atoms with Crippen LogP contribution in [0.25, 0.3) is 0 Å². The molecular weight excluding hydrogens is 192 g/mol. The zero-order valence-corrected chi connectivity index (χ0v) is 9.09. The predicted octanol–water partition coefficient (Wildman–Crippen LogP) is 0.160. The molecule has 1 aliphatic carbocycles. The van der Waals surface area contributed by atoms with Crippen LogP contribution in [-0.4, -0.2) is 35.7 Å².